The molecule has 0 aromatic heterocycles. The number of alkyl carbamates (subject to hydrolysis) is 1. The van der Waals surface area contributed by atoms with Crippen molar-refractivity contribution in [3.63, 3.8) is 0 Å². The zero-order valence-corrected chi connectivity index (χ0v) is 19.0. The molecule has 194 valence electrons. The van der Waals surface area contributed by atoms with Crippen molar-refractivity contribution in [2.75, 3.05) is 6.54 Å². The van der Waals surface area contributed by atoms with Gasteiger partial charge in [-0.25, -0.2) is 9.59 Å². The van der Waals surface area contributed by atoms with E-state index in [0.29, 0.717) is 13.0 Å². The summed E-state index contributed by atoms with van der Waals surface area (Å²) in [5.74, 6) is -4.37. The first-order chi connectivity index (χ1) is 14.9. The van der Waals surface area contributed by atoms with Crippen LogP contribution in [0, 0.1) is 0 Å². The first-order valence-electron chi connectivity index (χ1n) is 10.2. The minimum absolute atomic E-state index is 0.0875. The molecule has 9 N–H and O–H groups in total. The molecule has 0 aliphatic carbocycles. The predicted molar refractivity (Wildman–Crippen MR) is 112 cm³/mol. The topological polar surface area (TPSA) is 208 Å². The summed E-state index contributed by atoms with van der Waals surface area (Å²) < 4.78 is 41.3. The zero-order chi connectivity index (χ0) is 26.4. The van der Waals surface area contributed by atoms with E-state index in [1.54, 1.807) is 20.8 Å². The third-order valence-electron chi connectivity index (χ3n) is 3.90. The highest BCUT2D eigenvalue weighted by molar-refractivity contribution is 5.88. The molecule has 0 aliphatic rings. The Morgan fingerprint density at radius 1 is 0.879 bits per heavy atom. The van der Waals surface area contributed by atoms with Crippen LogP contribution in [0.3, 0.4) is 0 Å². The molecule has 0 heterocycles. The van der Waals surface area contributed by atoms with Crippen LogP contribution >= 0.6 is 0 Å². The number of hydrogen-bond acceptors (Lipinski definition) is 8. The molecule has 0 aromatic carbocycles. The zero-order valence-electron chi connectivity index (χ0n) is 19.0. The largest absolute Gasteiger partial charge is 0.480 e. The second kappa shape index (κ2) is 15.4. The lowest BCUT2D eigenvalue weighted by Gasteiger charge is -2.22. The number of ether oxygens (including phenoxy) is 1. The van der Waals surface area contributed by atoms with Crippen molar-refractivity contribution in [2.45, 2.75) is 89.2 Å². The quantitative estimate of drug-likeness (QED) is 0.216. The molecule has 0 radical (unpaired) electrons. The number of carbonyl (C=O) groups excluding carboxylic acids is 2. The number of halogens is 3. The average molecular weight is 489 g/mol. The number of amides is 1. The molecule has 0 spiro atoms. The van der Waals surface area contributed by atoms with E-state index in [4.69, 9.17) is 32.2 Å². The lowest BCUT2D eigenvalue weighted by Crippen LogP contribution is -2.44. The van der Waals surface area contributed by atoms with Crippen molar-refractivity contribution in [3.8, 4) is 0 Å². The molecule has 0 bridgehead atoms. The van der Waals surface area contributed by atoms with Gasteiger partial charge < -0.3 is 37.5 Å². The van der Waals surface area contributed by atoms with Crippen LogP contribution in [0.15, 0.2) is 0 Å². The summed E-state index contributed by atoms with van der Waals surface area (Å²) in [6.07, 6.45) is -4.44. The molecule has 14 heteroatoms. The minimum Gasteiger partial charge on any atom is -0.480 e. The maximum absolute atomic E-state index is 12.1. The normalized spacial score (nSPS) is 14.2. The molecule has 1 unspecified atom stereocenters. The fraction of sp³-hybridized carbons (Fsp3) is 0.789. The Bertz CT molecular complexity index is 640. The van der Waals surface area contributed by atoms with E-state index in [2.05, 4.69) is 5.32 Å². The molecule has 0 aliphatic heterocycles. The van der Waals surface area contributed by atoms with Crippen LogP contribution in [0.25, 0.3) is 0 Å². The van der Waals surface area contributed by atoms with Gasteiger partial charge in [-0.05, 0) is 59.4 Å². The summed E-state index contributed by atoms with van der Waals surface area (Å²) in [6.45, 7) is 5.37. The highest BCUT2D eigenvalue weighted by Crippen LogP contribution is 2.19. The highest BCUT2D eigenvalue weighted by Gasteiger charge is 2.41. The maximum Gasteiger partial charge on any atom is 0.451 e. The van der Waals surface area contributed by atoms with E-state index < -0.39 is 53.7 Å². The number of rotatable bonds is 12. The lowest BCUT2D eigenvalue weighted by atomic mass is 10.0. The summed E-state index contributed by atoms with van der Waals surface area (Å²) in [5.41, 5.74) is 14.7. The number of hydrogen-bond donors (Lipinski definition) is 6. The number of carboxylic acids is 2. The number of unbranched alkanes of at least 4 members (excludes halogenated alkanes) is 1. The highest BCUT2D eigenvalue weighted by atomic mass is 19.4. The van der Waals surface area contributed by atoms with Crippen molar-refractivity contribution in [1.82, 2.24) is 5.32 Å². The van der Waals surface area contributed by atoms with Gasteiger partial charge in [0.25, 0.3) is 5.78 Å². The first kappa shape index (κ1) is 32.7. The van der Waals surface area contributed by atoms with Crippen molar-refractivity contribution in [2.24, 2.45) is 17.2 Å². The number of alkyl halides is 3. The average Bonchev–Trinajstić information content (AvgIpc) is 2.64. The van der Waals surface area contributed by atoms with Gasteiger partial charge in [-0.2, -0.15) is 13.2 Å². The third kappa shape index (κ3) is 17.7. The van der Waals surface area contributed by atoms with Crippen molar-refractivity contribution in [1.29, 1.82) is 0 Å². The predicted octanol–water partition coefficient (Wildman–Crippen LogP) is 1.12. The molecular weight excluding hydrogens is 453 g/mol. The molecule has 0 saturated carbocycles. The molecule has 0 fully saturated rings. The number of nitrogens with one attached hydrogen (secondary N) is 1. The van der Waals surface area contributed by atoms with Gasteiger partial charge in [0.15, 0.2) is 0 Å². The second-order valence-electron chi connectivity index (χ2n) is 8.17. The second-order valence-corrected chi connectivity index (χ2v) is 8.17. The van der Waals surface area contributed by atoms with Gasteiger partial charge in [-0.3, -0.25) is 9.59 Å². The number of nitrogens with two attached hydrogens (primary N) is 3. The third-order valence-corrected chi connectivity index (χ3v) is 3.90. The molecule has 11 nitrogen and oxygen atoms in total. The number of ketones is 1. The molecule has 1 amide bonds. The number of aliphatic carboxylic acids is 2. The van der Waals surface area contributed by atoms with Gasteiger partial charge in [0.1, 0.15) is 17.7 Å². The molecule has 0 rings (SSSR count). The Morgan fingerprint density at radius 2 is 1.39 bits per heavy atom. The van der Waals surface area contributed by atoms with Gasteiger partial charge in [-0.15, -0.1) is 0 Å². The molecular formula is C19H35F3N4O7. The Labute approximate surface area is 190 Å². The number of carbonyl (C=O) groups is 4. The Kier molecular flexibility index (Phi) is 15.3. The van der Waals surface area contributed by atoms with Crippen LogP contribution in [0.4, 0.5) is 18.0 Å². The summed E-state index contributed by atoms with van der Waals surface area (Å²) in [4.78, 5) is 43.5. The van der Waals surface area contributed by atoms with E-state index in [1.165, 1.54) is 0 Å². The fourth-order valence-electron chi connectivity index (χ4n) is 2.22. The van der Waals surface area contributed by atoms with Crippen LogP contribution in [-0.2, 0) is 19.1 Å². The number of carboxylic acid groups (broad SMARTS) is 2. The van der Waals surface area contributed by atoms with Crippen LogP contribution in [0.2, 0.25) is 0 Å². The lowest BCUT2D eigenvalue weighted by molar-refractivity contribution is -0.172. The summed E-state index contributed by atoms with van der Waals surface area (Å²) in [5, 5.41) is 19.4. The van der Waals surface area contributed by atoms with Crippen molar-refractivity contribution < 1.29 is 47.3 Å². The Balaban J connectivity index is 0. The van der Waals surface area contributed by atoms with E-state index in [0.717, 1.165) is 12.8 Å². The van der Waals surface area contributed by atoms with Crippen molar-refractivity contribution >= 4 is 23.8 Å². The Hall–Kier alpha value is -2.45. The van der Waals surface area contributed by atoms with Gasteiger partial charge in [0.05, 0.1) is 6.04 Å². The van der Waals surface area contributed by atoms with E-state index in [1.807, 2.05) is 0 Å². The molecule has 0 aromatic rings. The summed E-state index contributed by atoms with van der Waals surface area (Å²) in [6, 6.07) is -3.82. The van der Waals surface area contributed by atoms with Gasteiger partial charge >= 0.3 is 24.2 Å². The Morgan fingerprint density at radius 3 is 1.79 bits per heavy atom. The van der Waals surface area contributed by atoms with Crippen LogP contribution < -0.4 is 22.5 Å². The monoisotopic (exact) mass is 488 g/mol. The summed E-state index contributed by atoms with van der Waals surface area (Å²) in [7, 11) is 0. The smallest absolute Gasteiger partial charge is 0.451 e. The maximum atomic E-state index is 12.1. The molecule has 0 saturated heterocycles. The first-order valence-corrected chi connectivity index (χ1v) is 10.2. The van der Waals surface area contributed by atoms with Gasteiger partial charge in [-0.1, -0.05) is 6.42 Å². The van der Waals surface area contributed by atoms with Crippen LogP contribution in [-0.4, -0.2) is 70.5 Å². The molecule has 3 atom stereocenters. The standard InChI is InChI=1S/C13H21F3N2O5.C6H14N2O2/c1-12(2,3)23-11(22)18-8(10(20)21)6-4-5-7(17)9(19)13(14,15)16;7-4-2-1-3-5(8)6(9)10/h7-8H,4-6,17H2,1-3H3,(H,18,22)(H,20,21);5H,1-4,7-8H2,(H,9,10)/t7?,8-;5-/m00/s1. The molecule has 33 heavy (non-hydrogen) atoms. The minimum atomic E-state index is -5.03. The van der Waals surface area contributed by atoms with Crippen LogP contribution in [0.1, 0.15) is 59.3 Å². The van der Waals surface area contributed by atoms with Crippen molar-refractivity contribution in [3.05, 3.63) is 0 Å². The van der Waals surface area contributed by atoms with E-state index in [-0.39, 0.29) is 19.3 Å². The number of Topliss-reactive ketones (excluding diaryl/α,β-unsaturated/α-hetero) is 1. The summed E-state index contributed by atoms with van der Waals surface area (Å²) >= 11 is 0. The van der Waals surface area contributed by atoms with E-state index >= 15 is 0 Å². The fourth-order valence-corrected chi connectivity index (χ4v) is 2.22. The SMILES string of the molecule is CC(C)(C)OC(=O)N[C@@H](CCCC(N)C(=O)C(F)(F)F)C(=O)O.NCCCC[C@H](N)C(=O)O. The van der Waals surface area contributed by atoms with Crippen LogP contribution in [0.5, 0.6) is 0 Å². The van der Waals surface area contributed by atoms with Gasteiger partial charge in [0.2, 0.25) is 0 Å². The van der Waals surface area contributed by atoms with Gasteiger partial charge in [0, 0.05) is 0 Å². The van der Waals surface area contributed by atoms with E-state index in [9.17, 15) is 32.3 Å².